The van der Waals surface area contributed by atoms with Gasteiger partial charge in [0.05, 0.1) is 5.56 Å². The third-order valence-electron chi connectivity index (χ3n) is 2.81. The number of likely N-dealkylation sites (tertiary alicyclic amines) is 1. The van der Waals surface area contributed by atoms with E-state index >= 15 is 0 Å². The quantitative estimate of drug-likeness (QED) is 0.759. The summed E-state index contributed by atoms with van der Waals surface area (Å²) in [6.07, 6.45) is 2.25. The number of nitrogens with two attached hydrogens (primary N) is 1. The Morgan fingerprint density at radius 3 is 3.00 bits per heavy atom. The van der Waals surface area contributed by atoms with Crippen LogP contribution in [0.4, 0.5) is 5.82 Å². The maximum absolute atomic E-state index is 11.7. The lowest BCUT2D eigenvalue weighted by molar-refractivity contribution is -0.127. The van der Waals surface area contributed by atoms with Crippen LogP contribution in [0.25, 0.3) is 0 Å². The smallest absolute Gasteiger partial charge is 0.252 e. The van der Waals surface area contributed by atoms with Crippen molar-refractivity contribution in [3.63, 3.8) is 0 Å². The van der Waals surface area contributed by atoms with Crippen LogP contribution in [0.1, 0.15) is 16.8 Å². The topological polar surface area (TPSA) is 88.3 Å². The molecule has 0 radical (unpaired) electrons. The maximum Gasteiger partial charge on any atom is 0.252 e. The summed E-state index contributed by atoms with van der Waals surface area (Å²) in [7, 11) is 1.75. The molecule has 1 saturated heterocycles. The van der Waals surface area contributed by atoms with Crippen LogP contribution in [-0.2, 0) is 4.79 Å². The number of rotatable bonds is 3. The summed E-state index contributed by atoms with van der Waals surface area (Å²) in [5.74, 6) is -0.181. The Bertz CT molecular complexity index is 461. The van der Waals surface area contributed by atoms with Gasteiger partial charge >= 0.3 is 0 Å². The van der Waals surface area contributed by atoms with Crippen LogP contribution in [0.2, 0.25) is 0 Å². The van der Waals surface area contributed by atoms with Gasteiger partial charge in [0, 0.05) is 19.8 Å². The Morgan fingerprint density at radius 1 is 1.65 bits per heavy atom. The molecular formula is C11H14N4O2. The number of pyridine rings is 1. The molecule has 0 spiro atoms. The van der Waals surface area contributed by atoms with Crippen molar-refractivity contribution in [3.05, 3.63) is 23.9 Å². The zero-order valence-corrected chi connectivity index (χ0v) is 9.51. The first kappa shape index (κ1) is 11.4. The largest absolute Gasteiger partial charge is 0.365 e. The molecule has 1 aliphatic rings. The molecule has 2 amide bonds. The number of amides is 2. The van der Waals surface area contributed by atoms with Crippen LogP contribution in [0.3, 0.4) is 0 Å². The van der Waals surface area contributed by atoms with Gasteiger partial charge in [-0.1, -0.05) is 0 Å². The molecule has 6 heteroatoms. The number of anilines is 1. The van der Waals surface area contributed by atoms with Crippen molar-refractivity contribution in [2.24, 2.45) is 5.73 Å². The highest BCUT2D eigenvalue weighted by Gasteiger charge is 2.29. The second-order valence-electron chi connectivity index (χ2n) is 4.01. The molecule has 1 aliphatic heterocycles. The summed E-state index contributed by atoms with van der Waals surface area (Å²) in [4.78, 5) is 28.6. The third-order valence-corrected chi connectivity index (χ3v) is 2.81. The predicted molar refractivity (Wildman–Crippen MR) is 62.4 cm³/mol. The zero-order valence-electron chi connectivity index (χ0n) is 9.51. The molecule has 3 N–H and O–H groups in total. The number of carbonyl (C=O) groups is 2. The van der Waals surface area contributed by atoms with E-state index in [4.69, 9.17) is 5.73 Å². The van der Waals surface area contributed by atoms with E-state index in [9.17, 15) is 9.59 Å². The molecule has 17 heavy (non-hydrogen) atoms. The number of likely N-dealkylation sites (N-methyl/N-ethyl adjacent to an activating group) is 1. The molecule has 0 aromatic carbocycles. The number of carbonyl (C=O) groups excluding carboxylic acids is 2. The molecule has 2 rings (SSSR count). The molecule has 2 heterocycles. The normalized spacial score (nSPS) is 19.5. The fourth-order valence-electron chi connectivity index (χ4n) is 1.84. The highest BCUT2D eigenvalue weighted by atomic mass is 16.2. The van der Waals surface area contributed by atoms with Crippen molar-refractivity contribution in [1.82, 2.24) is 9.88 Å². The lowest BCUT2D eigenvalue weighted by Crippen LogP contribution is -2.32. The van der Waals surface area contributed by atoms with Gasteiger partial charge in [-0.2, -0.15) is 0 Å². The van der Waals surface area contributed by atoms with Gasteiger partial charge in [-0.3, -0.25) is 9.59 Å². The Hall–Kier alpha value is -2.11. The number of nitrogens with zero attached hydrogens (tertiary/aromatic N) is 2. The second-order valence-corrected chi connectivity index (χ2v) is 4.01. The van der Waals surface area contributed by atoms with E-state index < -0.39 is 5.91 Å². The number of hydrogen-bond acceptors (Lipinski definition) is 4. The van der Waals surface area contributed by atoms with Crippen molar-refractivity contribution in [2.75, 3.05) is 18.9 Å². The summed E-state index contributed by atoms with van der Waals surface area (Å²) in [5.41, 5.74) is 5.54. The number of aromatic nitrogens is 1. The van der Waals surface area contributed by atoms with Crippen molar-refractivity contribution in [3.8, 4) is 0 Å². The molecule has 6 nitrogen and oxygen atoms in total. The molecule has 90 valence electrons. The maximum atomic E-state index is 11.7. The average Bonchev–Trinajstić information content (AvgIpc) is 2.61. The van der Waals surface area contributed by atoms with Crippen molar-refractivity contribution in [1.29, 1.82) is 0 Å². The van der Waals surface area contributed by atoms with E-state index in [0.29, 0.717) is 24.3 Å². The minimum absolute atomic E-state index is 0.00562. The first-order valence-corrected chi connectivity index (χ1v) is 5.36. The van der Waals surface area contributed by atoms with Gasteiger partial charge in [0.15, 0.2) is 0 Å². The van der Waals surface area contributed by atoms with E-state index in [-0.39, 0.29) is 11.9 Å². The Kier molecular flexibility index (Phi) is 2.95. The van der Waals surface area contributed by atoms with E-state index in [2.05, 4.69) is 10.3 Å². The molecule has 1 aromatic heterocycles. The Morgan fingerprint density at radius 2 is 2.41 bits per heavy atom. The minimum atomic E-state index is -0.556. The van der Waals surface area contributed by atoms with Crippen molar-refractivity contribution < 1.29 is 9.59 Å². The minimum Gasteiger partial charge on any atom is -0.365 e. The third kappa shape index (κ3) is 2.20. The van der Waals surface area contributed by atoms with Crippen LogP contribution < -0.4 is 11.1 Å². The summed E-state index contributed by atoms with van der Waals surface area (Å²) >= 11 is 0. The van der Waals surface area contributed by atoms with Crippen LogP contribution in [0.5, 0.6) is 0 Å². The zero-order chi connectivity index (χ0) is 12.4. The van der Waals surface area contributed by atoms with Crippen LogP contribution in [0.15, 0.2) is 18.3 Å². The highest BCUT2D eigenvalue weighted by molar-refractivity contribution is 5.98. The van der Waals surface area contributed by atoms with E-state index in [0.717, 1.165) is 0 Å². The summed E-state index contributed by atoms with van der Waals surface area (Å²) in [6, 6.07) is 2.89. The first-order valence-electron chi connectivity index (χ1n) is 5.36. The second kappa shape index (κ2) is 4.40. The fraction of sp³-hybridized carbons (Fsp3) is 0.364. The number of primary amides is 1. The number of nitrogens with one attached hydrogen (secondary N) is 1. The molecule has 0 bridgehead atoms. The van der Waals surface area contributed by atoms with Gasteiger partial charge < -0.3 is 16.0 Å². The molecule has 1 unspecified atom stereocenters. The molecule has 1 atom stereocenters. The standard InChI is InChI=1S/C11H14N4O2/c1-15-6-4-8(11(15)17)14-10-7(9(12)16)3-2-5-13-10/h2-3,5,8H,4,6H2,1H3,(H2,12,16)(H,13,14). The van der Waals surface area contributed by atoms with Gasteiger partial charge in [-0.25, -0.2) is 4.98 Å². The van der Waals surface area contributed by atoms with E-state index in [1.165, 1.54) is 0 Å². The molecule has 1 fully saturated rings. The molecule has 0 aliphatic carbocycles. The Labute approximate surface area is 98.8 Å². The van der Waals surface area contributed by atoms with Gasteiger partial charge in [-0.05, 0) is 18.6 Å². The lowest BCUT2D eigenvalue weighted by atomic mass is 10.2. The van der Waals surface area contributed by atoms with Crippen LogP contribution in [0, 0.1) is 0 Å². The first-order chi connectivity index (χ1) is 8.09. The van der Waals surface area contributed by atoms with Crippen LogP contribution >= 0.6 is 0 Å². The highest BCUT2D eigenvalue weighted by Crippen LogP contribution is 2.17. The summed E-state index contributed by atoms with van der Waals surface area (Å²) < 4.78 is 0. The summed E-state index contributed by atoms with van der Waals surface area (Å²) in [6.45, 7) is 0.704. The summed E-state index contributed by atoms with van der Waals surface area (Å²) in [5, 5.41) is 2.97. The van der Waals surface area contributed by atoms with E-state index in [1.807, 2.05) is 0 Å². The monoisotopic (exact) mass is 234 g/mol. The SMILES string of the molecule is CN1CCC(Nc2ncccc2C(N)=O)C1=O. The fourth-order valence-corrected chi connectivity index (χ4v) is 1.84. The van der Waals surface area contributed by atoms with Gasteiger partial charge in [0.1, 0.15) is 11.9 Å². The van der Waals surface area contributed by atoms with Crippen LogP contribution in [-0.4, -0.2) is 41.3 Å². The van der Waals surface area contributed by atoms with Crippen molar-refractivity contribution >= 4 is 17.6 Å². The van der Waals surface area contributed by atoms with Gasteiger partial charge in [0.2, 0.25) is 5.91 Å². The van der Waals surface area contributed by atoms with Gasteiger partial charge in [0.25, 0.3) is 5.91 Å². The molecule has 1 aromatic rings. The number of hydrogen-bond donors (Lipinski definition) is 2. The van der Waals surface area contributed by atoms with Crippen molar-refractivity contribution in [2.45, 2.75) is 12.5 Å². The Balaban J connectivity index is 2.19. The molecule has 0 saturated carbocycles. The average molecular weight is 234 g/mol. The lowest BCUT2D eigenvalue weighted by Gasteiger charge is -2.14. The van der Waals surface area contributed by atoms with Gasteiger partial charge in [-0.15, -0.1) is 0 Å². The molecular weight excluding hydrogens is 220 g/mol. The van der Waals surface area contributed by atoms with E-state index in [1.54, 1.807) is 30.3 Å². The predicted octanol–water partition coefficient (Wildman–Crippen LogP) is -0.177.